The molecule has 0 amide bonds. The fraction of sp³-hybridized carbons (Fsp3) is 0.538. The molecule has 0 saturated carbocycles. The maximum Gasteiger partial charge on any atom is 0.119 e. The molecule has 1 heterocycles. The van der Waals surface area contributed by atoms with Gasteiger partial charge in [0.2, 0.25) is 0 Å². The number of nitrogens with two attached hydrogens (primary N) is 1. The van der Waals surface area contributed by atoms with Crippen LogP contribution in [0, 0.1) is 5.92 Å². The van der Waals surface area contributed by atoms with Crippen LogP contribution in [0.5, 0.6) is 5.75 Å². The van der Waals surface area contributed by atoms with E-state index < -0.39 is 0 Å². The van der Waals surface area contributed by atoms with Crippen molar-refractivity contribution in [1.82, 2.24) is 0 Å². The van der Waals surface area contributed by atoms with Crippen molar-refractivity contribution in [1.29, 1.82) is 0 Å². The smallest absolute Gasteiger partial charge is 0.119 e. The summed E-state index contributed by atoms with van der Waals surface area (Å²) in [6, 6.07) is 8.18. The highest BCUT2D eigenvalue weighted by atomic mass is 16.5. The number of hydrogen-bond donors (Lipinski definition) is 1. The standard InChI is InChI=1S/C13H19NO2/c14-7-5-11-1-3-13(4-2-11)16-10-12-6-8-15-9-12/h1-4,12H,5-10,14H2. The second-order valence-electron chi connectivity index (χ2n) is 4.22. The molecular formula is C13H19NO2. The van der Waals surface area contributed by atoms with Crippen molar-refractivity contribution < 1.29 is 9.47 Å². The van der Waals surface area contributed by atoms with E-state index in [1.165, 1.54) is 5.56 Å². The van der Waals surface area contributed by atoms with Gasteiger partial charge >= 0.3 is 0 Å². The fourth-order valence-corrected chi connectivity index (χ4v) is 1.85. The predicted octanol–water partition coefficient (Wildman–Crippen LogP) is 1.60. The number of rotatable bonds is 5. The highest BCUT2D eigenvalue weighted by Crippen LogP contribution is 2.17. The van der Waals surface area contributed by atoms with E-state index >= 15 is 0 Å². The average molecular weight is 221 g/mol. The van der Waals surface area contributed by atoms with Gasteiger partial charge in [0, 0.05) is 12.5 Å². The Morgan fingerprint density at radius 1 is 1.31 bits per heavy atom. The lowest BCUT2D eigenvalue weighted by molar-refractivity contribution is 0.167. The first kappa shape index (κ1) is 11.4. The van der Waals surface area contributed by atoms with Crippen LogP contribution in [0.2, 0.25) is 0 Å². The maximum absolute atomic E-state index is 5.71. The topological polar surface area (TPSA) is 44.5 Å². The summed E-state index contributed by atoms with van der Waals surface area (Å²) >= 11 is 0. The van der Waals surface area contributed by atoms with Crippen LogP contribution in [0.3, 0.4) is 0 Å². The monoisotopic (exact) mass is 221 g/mol. The summed E-state index contributed by atoms with van der Waals surface area (Å²) in [7, 11) is 0. The molecule has 1 fully saturated rings. The van der Waals surface area contributed by atoms with Crippen LogP contribution < -0.4 is 10.5 Å². The molecule has 1 saturated heterocycles. The van der Waals surface area contributed by atoms with Crippen LogP contribution >= 0.6 is 0 Å². The molecule has 88 valence electrons. The zero-order valence-electron chi connectivity index (χ0n) is 9.52. The minimum absolute atomic E-state index is 0.559. The zero-order valence-corrected chi connectivity index (χ0v) is 9.52. The number of benzene rings is 1. The van der Waals surface area contributed by atoms with Crippen molar-refractivity contribution in [3.8, 4) is 5.75 Å². The molecule has 0 aliphatic carbocycles. The highest BCUT2D eigenvalue weighted by Gasteiger charge is 2.15. The lowest BCUT2D eigenvalue weighted by Crippen LogP contribution is -2.11. The molecule has 1 atom stereocenters. The second kappa shape index (κ2) is 5.87. The third-order valence-corrected chi connectivity index (χ3v) is 2.87. The Morgan fingerprint density at radius 3 is 2.75 bits per heavy atom. The predicted molar refractivity (Wildman–Crippen MR) is 63.6 cm³/mol. The molecule has 2 rings (SSSR count). The minimum atomic E-state index is 0.559. The van der Waals surface area contributed by atoms with Gasteiger partial charge in [-0.05, 0) is 37.1 Å². The maximum atomic E-state index is 5.71. The average Bonchev–Trinajstić information content (AvgIpc) is 2.82. The van der Waals surface area contributed by atoms with Gasteiger partial charge in [0.25, 0.3) is 0 Å². The summed E-state index contributed by atoms with van der Waals surface area (Å²) in [5.74, 6) is 1.50. The van der Waals surface area contributed by atoms with Gasteiger partial charge in [0.15, 0.2) is 0 Å². The van der Waals surface area contributed by atoms with E-state index in [0.717, 1.165) is 38.4 Å². The minimum Gasteiger partial charge on any atom is -0.493 e. The molecule has 1 aromatic carbocycles. The zero-order chi connectivity index (χ0) is 11.2. The summed E-state index contributed by atoms with van der Waals surface area (Å²) in [5.41, 5.74) is 6.76. The van der Waals surface area contributed by atoms with Crippen molar-refractivity contribution in [2.45, 2.75) is 12.8 Å². The van der Waals surface area contributed by atoms with Crippen LogP contribution in [-0.2, 0) is 11.2 Å². The number of hydrogen-bond acceptors (Lipinski definition) is 3. The lowest BCUT2D eigenvalue weighted by Gasteiger charge is -2.10. The number of ether oxygens (including phenoxy) is 2. The second-order valence-corrected chi connectivity index (χ2v) is 4.22. The van der Waals surface area contributed by atoms with Gasteiger partial charge in [0.05, 0.1) is 13.2 Å². The molecular weight excluding hydrogens is 202 g/mol. The van der Waals surface area contributed by atoms with Gasteiger partial charge in [-0.15, -0.1) is 0 Å². The van der Waals surface area contributed by atoms with Crippen LogP contribution in [0.1, 0.15) is 12.0 Å². The van der Waals surface area contributed by atoms with Crippen LogP contribution in [0.15, 0.2) is 24.3 Å². The van der Waals surface area contributed by atoms with Gasteiger partial charge in [-0.3, -0.25) is 0 Å². The molecule has 0 bridgehead atoms. The van der Waals surface area contributed by atoms with Crippen molar-refractivity contribution in [2.24, 2.45) is 11.7 Å². The van der Waals surface area contributed by atoms with Crippen LogP contribution in [-0.4, -0.2) is 26.4 Å². The summed E-state index contributed by atoms with van der Waals surface area (Å²) in [6.45, 7) is 3.17. The van der Waals surface area contributed by atoms with Crippen molar-refractivity contribution in [2.75, 3.05) is 26.4 Å². The molecule has 3 heteroatoms. The van der Waals surface area contributed by atoms with Crippen LogP contribution in [0.25, 0.3) is 0 Å². The van der Waals surface area contributed by atoms with Crippen molar-refractivity contribution in [3.05, 3.63) is 29.8 Å². The quantitative estimate of drug-likeness (QED) is 0.821. The third-order valence-electron chi connectivity index (χ3n) is 2.87. The Labute approximate surface area is 96.5 Å². The summed E-state index contributed by atoms with van der Waals surface area (Å²) in [6.07, 6.45) is 2.04. The van der Waals surface area contributed by atoms with E-state index in [4.69, 9.17) is 15.2 Å². The molecule has 1 aliphatic rings. The third kappa shape index (κ3) is 3.22. The van der Waals surface area contributed by atoms with Gasteiger partial charge in [-0.25, -0.2) is 0 Å². The van der Waals surface area contributed by atoms with E-state index in [9.17, 15) is 0 Å². The molecule has 0 spiro atoms. The highest BCUT2D eigenvalue weighted by molar-refractivity contribution is 5.27. The van der Waals surface area contributed by atoms with Crippen molar-refractivity contribution >= 4 is 0 Å². The van der Waals surface area contributed by atoms with E-state index in [1.807, 2.05) is 12.1 Å². The summed E-state index contributed by atoms with van der Waals surface area (Å²) < 4.78 is 11.0. The summed E-state index contributed by atoms with van der Waals surface area (Å²) in [5, 5.41) is 0. The molecule has 1 aliphatic heterocycles. The van der Waals surface area contributed by atoms with Crippen molar-refractivity contribution in [3.63, 3.8) is 0 Å². The molecule has 3 nitrogen and oxygen atoms in total. The van der Waals surface area contributed by atoms with E-state index in [1.54, 1.807) is 0 Å². The molecule has 0 radical (unpaired) electrons. The van der Waals surface area contributed by atoms with E-state index in [0.29, 0.717) is 12.5 Å². The first-order chi connectivity index (χ1) is 7.88. The Hall–Kier alpha value is -1.06. The summed E-state index contributed by atoms with van der Waals surface area (Å²) in [4.78, 5) is 0. The first-order valence-electron chi connectivity index (χ1n) is 5.88. The Morgan fingerprint density at radius 2 is 2.12 bits per heavy atom. The fourth-order valence-electron chi connectivity index (χ4n) is 1.85. The Bertz CT molecular complexity index is 304. The molecule has 16 heavy (non-hydrogen) atoms. The van der Waals surface area contributed by atoms with E-state index in [2.05, 4.69) is 12.1 Å². The molecule has 1 unspecified atom stereocenters. The Balaban J connectivity index is 1.80. The largest absolute Gasteiger partial charge is 0.493 e. The van der Waals surface area contributed by atoms with Gasteiger partial charge in [0.1, 0.15) is 5.75 Å². The SMILES string of the molecule is NCCc1ccc(OCC2CCOC2)cc1. The van der Waals surface area contributed by atoms with Gasteiger partial charge in [-0.1, -0.05) is 12.1 Å². The Kier molecular flexibility index (Phi) is 4.19. The lowest BCUT2D eigenvalue weighted by atomic mass is 10.1. The normalized spacial score (nSPS) is 19.9. The first-order valence-corrected chi connectivity index (χ1v) is 5.88. The van der Waals surface area contributed by atoms with E-state index in [-0.39, 0.29) is 0 Å². The molecule has 0 aromatic heterocycles. The van der Waals surface area contributed by atoms with Crippen LogP contribution in [0.4, 0.5) is 0 Å². The molecule has 2 N–H and O–H groups in total. The van der Waals surface area contributed by atoms with Gasteiger partial charge < -0.3 is 15.2 Å². The van der Waals surface area contributed by atoms with Gasteiger partial charge in [-0.2, -0.15) is 0 Å². The molecule has 1 aromatic rings.